The molecular weight excluding hydrogens is 344 g/mol. The molecule has 2 N–H and O–H groups in total. The van der Waals surface area contributed by atoms with Crippen molar-refractivity contribution in [2.24, 2.45) is 5.92 Å². The van der Waals surface area contributed by atoms with E-state index in [0.717, 1.165) is 43.6 Å². The van der Waals surface area contributed by atoms with E-state index in [1.165, 1.54) is 68.1 Å². The maximum Gasteiger partial charge on any atom is 0.223 e. The molecule has 28 heavy (non-hydrogen) atoms. The van der Waals surface area contributed by atoms with Crippen LogP contribution < -0.4 is 10.6 Å². The molecule has 148 valence electrons. The topological polar surface area (TPSA) is 49.8 Å². The second-order valence-electron chi connectivity index (χ2n) is 9.06. The summed E-state index contributed by atoms with van der Waals surface area (Å²) in [5, 5.41) is 7.09. The molecule has 2 fully saturated rings. The second kappa shape index (κ2) is 7.82. The molecule has 1 spiro atoms. The predicted molar refractivity (Wildman–Crippen MR) is 115 cm³/mol. The highest BCUT2D eigenvalue weighted by atomic mass is 15.1. The Kier molecular flexibility index (Phi) is 5.06. The van der Waals surface area contributed by atoms with Crippen LogP contribution in [0.3, 0.4) is 0 Å². The molecule has 0 amide bonds. The Morgan fingerprint density at radius 3 is 2.64 bits per heavy atom. The average molecular weight is 377 g/mol. The Balaban J connectivity index is 1.41. The summed E-state index contributed by atoms with van der Waals surface area (Å²) in [5.74, 6) is 1.58. The summed E-state index contributed by atoms with van der Waals surface area (Å²) in [6, 6.07) is 8.95. The molecule has 0 bridgehead atoms. The number of hydrogen-bond donors (Lipinski definition) is 2. The summed E-state index contributed by atoms with van der Waals surface area (Å²) in [6.07, 6.45) is 13.8. The lowest BCUT2D eigenvalue weighted by atomic mass is 9.64. The second-order valence-corrected chi connectivity index (χ2v) is 9.06. The van der Waals surface area contributed by atoms with Gasteiger partial charge in [-0.25, -0.2) is 9.97 Å². The van der Waals surface area contributed by atoms with Crippen LogP contribution in [0.5, 0.6) is 0 Å². The molecule has 3 aliphatic rings. The number of nitrogens with zero attached hydrogens (tertiary/aromatic N) is 2. The highest BCUT2D eigenvalue weighted by Gasteiger charge is 2.40. The van der Waals surface area contributed by atoms with E-state index in [1.54, 1.807) is 0 Å². The number of fused-ring (bicyclic) bond motifs is 4. The van der Waals surface area contributed by atoms with Crippen LogP contribution in [-0.2, 0) is 11.8 Å². The van der Waals surface area contributed by atoms with Crippen LogP contribution >= 0.6 is 0 Å². The van der Waals surface area contributed by atoms with E-state index in [1.807, 2.05) is 0 Å². The fraction of sp³-hybridized carbons (Fsp3) is 0.583. The number of nitrogens with one attached hydrogen (secondary N) is 2. The highest BCUT2D eigenvalue weighted by Crippen LogP contribution is 2.46. The van der Waals surface area contributed by atoms with Crippen LogP contribution in [0.1, 0.15) is 62.5 Å². The third kappa shape index (κ3) is 3.43. The van der Waals surface area contributed by atoms with Gasteiger partial charge in [0.15, 0.2) is 0 Å². The molecule has 4 heteroatoms. The lowest BCUT2D eigenvalue weighted by molar-refractivity contribution is 0.302. The van der Waals surface area contributed by atoms with Crippen molar-refractivity contribution in [2.75, 3.05) is 25.0 Å². The van der Waals surface area contributed by atoms with E-state index in [2.05, 4.69) is 41.1 Å². The molecule has 2 heterocycles. The van der Waals surface area contributed by atoms with Gasteiger partial charge < -0.3 is 10.6 Å². The quantitative estimate of drug-likeness (QED) is 0.762. The molecule has 1 saturated carbocycles. The summed E-state index contributed by atoms with van der Waals surface area (Å²) in [6.45, 7) is 3.22. The van der Waals surface area contributed by atoms with Crippen molar-refractivity contribution >= 4 is 5.95 Å². The lowest BCUT2D eigenvalue weighted by Crippen LogP contribution is -2.43. The zero-order valence-corrected chi connectivity index (χ0v) is 16.8. The van der Waals surface area contributed by atoms with Gasteiger partial charge in [0, 0.05) is 23.7 Å². The minimum atomic E-state index is 0.257. The molecule has 4 nitrogen and oxygen atoms in total. The summed E-state index contributed by atoms with van der Waals surface area (Å²) >= 11 is 0. The molecule has 0 atom stereocenters. The van der Waals surface area contributed by atoms with Gasteiger partial charge in [0.25, 0.3) is 0 Å². The fourth-order valence-electron chi connectivity index (χ4n) is 5.62. The van der Waals surface area contributed by atoms with Crippen molar-refractivity contribution in [3.8, 4) is 11.3 Å². The fourth-order valence-corrected chi connectivity index (χ4v) is 5.62. The third-order valence-corrected chi connectivity index (χ3v) is 7.23. The van der Waals surface area contributed by atoms with E-state index in [-0.39, 0.29) is 5.41 Å². The van der Waals surface area contributed by atoms with Gasteiger partial charge in [-0.1, -0.05) is 49.9 Å². The summed E-state index contributed by atoms with van der Waals surface area (Å²) in [5.41, 5.74) is 5.55. The molecule has 1 saturated heterocycles. The summed E-state index contributed by atoms with van der Waals surface area (Å²) in [7, 11) is 0. The monoisotopic (exact) mass is 376 g/mol. The van der Waals surface area contributed by atoms with E-state index in [0.29, 0.717) is 0 Å². The largest absolute Gasteiger partial charge is 0.354 e. The predicted octanol–water partition coefficient (Wildman–Crippen LogP) is 4.70. The Morgan fingerprint density at radius 1 is 1.04 bits per heavy atom. The van der Waals surface area contributed by atoms with Crippen LogP contribution in [0, 0.1) is 5.92 Å². The number of piperidine rings is 1. The SMILES string of the molecule is c1ccc2c(c1)-c1nc(NCC3CCCCCC3)ncc1CC21CCNCC1. The molecule has 0 radical (unpaired) electrons. The molecule has 1 aromatic carbocycles. The standard InChI is InChI=1S/C24H32N4/c1-2-4-8-18(7-3-1)16-26-23-27-17-19-15-24(11-13-25-14-12-24)21-10-6-5-9-20(21)22(19)28-23/h5-6,9-10,17-18,25H,1-4,7-8,11-16H2,(H,26,27,28). The van der Waals surface area contributed by atoms with Crippen LogP contribution in [0.15, 0.2) is 30.5 Å². The highest BCUT2D eigenvalue weighted by molar-refractivity contribution is 5.72. The Labute approximate surface area is 168 Å². The number of aromatic nitrogens is 2. The van der Waals surface area contributed by atoms with Gasteiger partial charge in [-0.05, 0) is 62.2 Å². The maximum atomic E-state index is 5.00. The number of rotatable bonds is 3. The van der Waals surface area contributed by atoms with Gasteiger partial charge in [0.2, 0.25) is 5.95 Å². The maximum absolute atomic E-state index is 5.00. The summed E-state index contributed by atoms with van der Waals surface area (Å²) < 4.78 is 0. The van der Waals surface area contributed by atoms with Crippen LogP contribution in [-0.4, -0.2) is 29.6 Å². The first-order valence-corrected chi connectivity index (χ1v) is 11.2. The first kappa shape index (κ1) is 18.1. The van der Waals surface area contributed by atoms with Crippen LogP contribution in [0.2, 0.25) is 0 Å². The van der Waals surface area contributed by atoms with Crippen molar-refractivity contribution in [3.63, 3.8) is 0 Å². The summed E-state index contributed by atoms with van der Waals surface area (Å²) in [4.78, 5) is 9.72. The van der Waals surface area contributed by atoms with Gasteiger partial charge in [0.1, 0.15) is 0 Å². The van der Waals surface area contributed by atoms with Crippen LogP contribution in [0.4, 0.5) is 5.95 Å². The zero-order chi connectivity index (χ0) is 18.8. The Morgan fingerprint density at radius 2 is 1.82 bits per heavy atom. The number of anilines is 1. The molecular formula is C24H32N4. The minimum Gasteiger partial charge on any atom is -0.354 e. The van der Waals surface area contributed by atoms with Crippen LogP contribution in [0.25, 0.3) is 11.3 Å². The van der Waals surface area contributed by atoms with Crippen molar-refractivity contribution in [1.82, 2.24) is 15.3 Å². The zero-order valence-electron chi connectivity index (χ0n) is 16.8. The van der Waals surface area contributed by atoms with Crippen molar-refractivity contribution in [2.45, 2.75) is 63.2 Å². The molecule has 2 aromatic rings. The first-order chi connectivity index (χ1) is 13.8. The lowest BCUT2D eigenvalue weighted by Gasteiger charge is -2.42. The Hall–Kier alpha value is -1.94. The number of benzene rings is 1. The minimum absolute atomic E-state index is 0.257. The normalized spacial score (nSPS) is 21.6. The smallest absolute Gasteiger partial charge is 0.223 e. The first-order valence-electron chi connectivity index (χ1n) is 11.2. The van der Waals surface area contributed by atoms with E-state index in [4.69, 9.17) is 9.97 Å². The van der Waals surface area contributed by atoms with Gasteiger partial charge in [-0.2, -0.15) is 0 Å². The van der Waals surface area contributed by atoms with Crippen molar-refractivity contribution in [1.29, 1.82) is 0 Å². The van der Waals surface area contributed by atoms with Crippen molar-refractivity contribution < 1.29 is 0 Å². The Bertz CT molecular complexity index is 817. The molecule has 1 aliphatic heterocycles. The van der Waals surface area contributed by atoms with Crippen molar-refractivity contribution in [3.05, 3.63) is 41.6 Å². The van der Waals surface area contributed by atoms with Gasteiger partial charge in [0.05, 0.1) is 5.69 Å². The van der Waals surface area contributed by atoms with E-state index < -0.39 is 0 Å². The third-order valence-electron chi connectivity index (χ3n) is 7.23. The number of hydrogen-bond acceptors (Lipinski definition) is 4. The van der Waals surface area contributed by atoms with Gasteiger partial charge in [-0.3, -0.25) is 0 Å². The molecule has 5 rings (SSSR count). The van der Waals surface area contributed by atoms with E-state index >= 15 is 0 Å². The molecule has 0 unspecified atom stereocenters. The molecule has 1 aromatic heterocycles. The van der Waals surface area contributed by atoms with E-state index in [9.17, 15) is 0 Å². The van der Waals surface area contributed by atoms with Gasteiger partial charge in [-0.15, -0.1) is 0 Å². The van der Waals surface area contributed by atoms with Gasteiger partial charge >= 0.3 is 0 Å². The molecule has 2 aliphatic carbocycles. The average Bonchev–Trinajstić information content (AvgIpc) is 3.02.